The molecule has 2 rings (SSSR count). The van der Waals surface area contributed by atoms with Gasteiger partial charge in [0, 0.05) is 25.4 Å². The topological polar surface area (TPSA) is 75.7 Å². The van der Waals surface area contributed by atoms with Gasteiger partial charge in [0.05, 0.1) is 6.42 Å². The van der Waals surface area contributed by atoms with Gasteiger partial charge in [-0.2, -0.15) is 0 Å². The predicted octanol–water partition coefficient (Wildman–Crippen LogP) is 1.20. The first-order valence-corrected chi connectivity index (χ1v) is 7.40. The molecule has 1 N–H and O–H groups in total. The van der Waals surface area contributed by atoms with Gasteiger partial charge in [-0.3, -0.25) is 9.59 Å². The SMILES string of the molecule is C[C@@H](Cc1ccccc1)NCCC(=O)ON1C(=O)CCC1=O. The number of hydroxylamine groups is 2. The Morgan fingerprint density at radius 2 is 1.86 bits per heavy atom. The Labute approximate surface area is 129 Å². The van der Waals surface area contributed by atoms with Gasteiger partial charge in [0.1, 0.15) is 0 Å². The molecule has 2 amide bonds. The summed E-state index contributed by atoms with van der Waals surface area (Å²) in [6.07, 6.45) is 1.19. The van der Waals surface area contributed by atoms with Crippen LogP contribution in [0, 0.1) is 0 Å². The highest BCUT2D eigenvalue weighted by Gasteiger charge is 2.32. The Kier molecular flexibility index (Phi) is 5.66. The van der Waals surface area contributed by atoms with Gasteiger partial charge in [-0.05, 0) is 18.9 Å². The summed E-state index contributed by atoms with van der Waals surface area (Å²) in [5.74, 6) is -1.49. The number of hydrogen-bond donors (Lipinski definition) is 1. The molecule has 6 nitrogen and oxygen atoms in total. The Morgan fingerprint density at radius 1 is 1.23 bits per heavy atom. The van der Waals surface area contributed by atoms with Gasteiger partial charge >= 0.3 is 5.97 Å². The number of hydrogen-bond acceptors (Lipinski definition) is 5. The monoisotopic (exact) mass is 304 g/mol. The van der Waals surface area contributed by atoms with Crippen LogP contribution in [0.2, 0.25) is 0 Å². The zero-order chi connectivity index (χ0) is 15.9. The van der Waals surface area contributed by atoms with Crippen molar-refractivity contribution < 1.29 is 19.2 Å². The second kappa shape index (κ2) is 7.70. The van der Waals surface area contributed by atoms with Crippen LogP contribution in [-0.4, -0.2) is 35.4 Å². The van der Waals surface area contributed by atoms with Crippen molar-refractivity contribution in [2.75, 3.05) is 6.54 Å². The maximum Gasteiger partial charge on any atom is 0.334 e. The van der Waals surface area contributed by atoms with Crippen molar-refractivity contribution in [2.24, 2.45) is 0 Å². The number of nitrogens with one attached hydrogen (secondary N) is 1. The first-order chi connectivity index (χ1) is 10.6. The van der Waals surface area contributed by atoms with Gasteiger partial charge in [-0.25, -0.2) is 4.79 Å². The zero-order valence-corrected chi connectivity index (χ0v) is 12.6. The molecule has 6 heteroatoms. The number of imide groups is 1. The Hall–Kier alpha value is -2.21. The van der Waals surface area contributed by atoms with Crippen molar-refractivity contribution >= 4 is 17.8 Å². The van der Waals surface area contributed by atoms with E-state index in [0.29, 0.717) is 11.6 Å². The summed E-state index contributed by atoms with van der Waals surface area (Å²) in [7, 11) is 0. The number of rotatable bonds is 7. The molecule has 22 heavy (non-hydrogen) atoms. The highest BCUT2D eigenvalue weighted by Crippen LogP contribution is 2.12. The molecule has 118 valence electrons. The number of carbonyl (C=O) groups is 3. The van der Waals surface area contributed by atoms with E-state index < -0.39 is 17.8 Å². The summed E-state index contributed by atoms with van der Waals surface area (Å²) in [4.78, 5) is 39.0. The molecule has 0 unspecified atom stereocenters. The smallest absolute Gasteiger partial charge is 0.330 e. The van der Waals surface area contributed by atoms with Gasteiger partial charge in [0.2, 0.25) is 0 Å². The van der Waals surface area contributed by atoms with Crippen LogP contribution >= 0.6 is 0 Å². The van der Waals surface area contributed by atoms with Crippen LogP contribution in [0.4, 0.5) is 0 Å². The largest absolute Gasteiger partial charge is 0.334 e. The minimum atomic E-state index is -0.581. The molecule has 1 heterocycles. The van der Waals surface area contributed by atoms with Gasteiger partial charge in [-0.1, -0.05) is 30.3 Å². The summed E-state index contributed by atoms with van der Waals surface area (Å²) in [6.45, 7) is 2.47. The second-order valence-electron chi connectivity index (χ2n) is 5.34. The molecular formula is C16H20N2O4. The molecule has 1 saturated heterocycles. The fourth-order valence-corrected chi connectivity index (χ4v) is 2.27. The molecule has 0 aromatic heterocycles. The summed E-state index contributed by atoms with van der Waals surface area (Å²) >= 11 is 0. The average molecular weight is 304 g/mol. The summed E-state index contributed by atoms with van der Waals surface area (Å²) in [6, 6.07) is 10.3. The minimum Gasteiger partial charge on any atom is -0.330 e. The molecule has 1 aliphatic heterocycles. The van der Waals surface area contributed by atoms with Crippen molar-refractivity contribution in [3.8, 4) is 0 Å². The predicted molar refractivity (Wildman–Crippen MR) is 79.4 cm³/mol. The van der Waals surface area contributed by atoms with Crippen molar-refractivity contribution in [1.29, 1.82) is 0 Å². The summed E-state index contributed by atoms with van der Waals surface area (Å²) in [5, 5.41) is 3.80. The quantitative estimate of drug-likeness (QED) is 0.766. The van der Waals surface area contributed by atoms with Gasteiger partial charge in [0.15, 0.2) is 0 Å². The van der Waals surface area contributed by atoms with E-state index in [1.807, 2.05) is 25.1 Å². The molecule has 0 bridgehead atoms. The summed E-state index contributed by atoms with van der Waals surface area (Å²) < 4.78 is 0. The standard InChI is InChI=1S/C16H20N2O4/c1-12(11-13-5-3-2-4-6-13)17-10-9-16(21)22-18-14(19)7-8-15(18)20/h2-6,12,17H,7-11H2,1H3/t12-/m0/s1. The highest BCUT2D eigenvalue weighted by atomic mass is 16.7. The molecule has 0 radical (unpaired) electrons. The number of benzene rings is 1. The van der Waals surface area contributed by atoms with E-state index >= 15 is 0 Å². The fraction of sp³-hybridized carbons (Fsp3) is 0.438. The van der Waals surface area contributed by atoms with E-state index in [1.165, 1.54) is 5.56 Å². The molecule has 1 aromatic carbocycles. The van der Waals surface area contributed by atoms with Crippen LogP contribution in [0.3, 0.4) is 0 Å². The third-order valence-corrected chi connectivity index (χ3v) is 3.41. The molecule has 1 atom stereocenters. The lowest BCUT2D eigenvalue weighted by molar-refractivity contribution is -0.197. The van der Waals surface area contributed by atoms with Crippen LogP contribution in [0.25, 0.3) is 0 Å². The summed E-state index contributed by atoms with van der Waals surface area (Å²) in [5.41, 5.74) is 1.22. The van der Waals surface area contributed by atoms with Crippen LogP contribution in [-0.2, 0) is 25.6 Å². The third kappa shape index (κ3) is 4.66. The molecule has 1 fully saturated rings. The van der Waals surface area contributed by atoms with Crippen molar-refractivity contribution in [3.63, 3.8) is 0 Å². The van der Waals surface area contributed by atoms with Crippen LogP contribution in [0.5, 0.6) is 0 Å². The number of amides is 2. The first kappa shape index (κ1) is 16.2. The van der Waals surface area contributed by atoms with Crippen LogP contribution < -0.4 is 5.32 Å². The van der Waals surface area contributed by atoms with Gasteiger partial charge in [0.25, 0.3) is 11.8 Å². The molecule has 1 aliphatic rings. The average Bonchev–Trinajstić information content (AvgIpc) is 2.80. The van der Waals surface area contributed by atoms with E-state index in [-0.39, 0.29) is 25.3 Å². The zero-order valence-electron chi connectivity index (χ0n) is 12.6. The highest BCUT2D eigenvalue weighted by molar-refractivity contribution is 6.01. The van der Waals surface area contributed by atoms with E-state index in [2.05, 4.69) is 17.4 Å². The van der Waals surface area contributed by atoms with Crippen LogP contribution in [0.15, 0.2) is 30.3 Å². The Balaban J connectivity index is 1.66. The molecule has 1 aromatic rings. The minimum absolute atomic E-state index is 0.107. The van der Waals surface area contributed by atoms with Gasteiger partial charge < -0.3 is 10.2 Å². The fourth-order valence-electron chi connectivity index (χ4n) is 2.27. The lowest BCUT2D eigenvalue weighted by atomic mass is 10.1. The van der Waals surface area contributed by atoms with Crippen LogP contribution in [0.1, 0.15) is 31.7 Å². The van der Waals surface area contributed by atoms with E-state index in [0.717, 1.165) is 6.42 Å². The van der Waals surface area contributed by atoms with Crippen molar-refractivity contribution in [2.45, 2.75) is 38.6 Å². The molecule has 0 saturated carbocycles. The first-order valence-electron chi connectivity index (χ1n) is 7.40. The third-order valence-electron chi connectivity index (χ3n) is 3.41. The number of nitrogens with zero attached hydrogens (tertiary/aromatic N) is 1. The Bertz CT molecular complexity index is 528. The maximum absolute atomic E-state index is 11.6. The number of carbonyl (C=O) groups excluding carboxylic acids is 3. The van der Waals surface area contributed by atoms with Crippen molar-refractivity contribution in [3.05, 3.63) is 35.9 Å². The molecular weight excluding hydrogens is 284 g/mol. The normalized spacial score (nSPS) is 16.0. The van der Waals surface area contributed by atoms with E-state index in [1.54, 1.807) is 0 Å². The lowest BCUT2D eigenvalue weighted by Crippen LogP contribution is -2.34. The Morgan fingerprint density at radius 3 is 2.50 bits per heavy atom. The van der Waals surface area contributed by atoms with Gasteiger partial charge in [-0.15, -0.1) is 5.06 Å². The van der Waals surface area contributed by atoms with Crippen molar-refractivity contribution in [1.82, 2.24) is 10.4 Å². The second-order valence-corrected chi connectivity index (χ2v) is 5.34. The maximum atomic E-state index is 11.6. The van der Waals surface area contributed by atoms with E-state index in [4.69, 9.17) is 4.84 Å². The van der Waals surface area contributed by atoms with E-state index in [9.17, 15) is 14.4 Å². The molecule has 0 aliphatic carbocycles. The molecule has 0 spiro atoms. The lowest BCUT2D eigenvalue weighted by Gasteiger charge is -2.15.